The van der Waals surface area contributed by atoms with Gasteiger partial charge in [-0.3, -0.25) is 4.90 Å². The van der Waals surface area contributed by atoms with Crippen molar-refractivity contribution in [1.29, 1.82) is 0 Å². The predicted molar refractivity (Wildman–Crippen MR) is 104 cm³/mol. The lowest BCUT2D eigenvalue weighted by atomic mass is 10.1. The molecule has 0 bridgehead atoms. The van der Waals surface area contributed by atoms with Crippen LogP contribution in [0.2, 0.25) is 0 Å². The normalized spacial score (nSPS) is 17.8. The number of benzene rings is 1. The van der Waals surface area contributed by atoms with E-state index in [0.29, 0.717) is 0 Å². The van der Waals surface area contributed by atoms with Crippen LogP contribution in [0.4, 0.5) is 11.6 Å². The van der Waals surface area contributed by atoms with E-state index in [1.54, 1.807) is 0 Å². The molecular weight excluding hydrogens is 326 g/mol. The van der Waals surface area contributed by atoms with Gasteiger partial charge in [0.1, 0.15) is 0 Å². The van der Waals surface area contributed by atoms with Crippen molar-refractivity contribution in [3.8, 4) is 0 Å². The molecule has 0 aliphatic carbocycles. The van der Waals surface area contributed by atoms with E-state index in [1.165, 1.54) is 22.5 Å². The maximum Gasteiger partial charge on any atom is 0.225 e. The summed E-state index contributed by atoms with van der Waals surface area (Å²) < 4.78 is 5.42. The first-order valence-corrected chi connectivity index (χ1v) is 9.35. The Morgan fingerprint density at radius 3 is 2.58 bits per heavy atom. The first-order valence-electron chi connectivity index (χ1n) is 9.35. The van der Waals surface area contributed by atoms with Crippen LogP contribution in [0.5, 0.6) is 0 Å². The average Bonchev–Trinajstić information content (AvgIpc) is 2.69. The van der Waals surface area contributed by atoms with Gasteiger partial charge in [0.25, 0.3) is 0 Å². The average molecular weight is 353 g/mol. The molecule has 6 nitrogen and oxygen atoms in total. The minimum Gasteiger partial charge on any atom is -0.378 e. The largest absolute Gasteiger partial charge is 0.378 e. The van der Waals surface area contributed by atoms with Gasteiger partial charge in [-0.15, -0.1) is 0 Å². The minimum atomic E-state index is 0.765. The van der Waals surface area contributed by atoms with Gasteiger partial charge in [0.15, 0.2) is 0 Å². The fourth-order valence-electron chi connectivity index (χ4n) is 3.57. The molecule has 138 valence electrons. The van der Waals surface area contributed by atoms with Crippen LogP contribution in [-0.4, -0.2) is 61.8 Å². The Morgan fingerprint density at radius 1 is 1.08 bits per heavy atom. The van der Waals surface area contributed by atoms with Crippen molar-refractivity contribution in [3.05, 3.63) is 47.3 Å². The van der Waals surface area contributed by atoms with Gasteiger partial charge >= 0.3 is 0 Å². The van der Waals surface area contributed by atoms with Gasteiger partial charge < -0.3 is 14.5 Å². The van der Waals surface area contributed by atoms with E-state index in [1.807, 2.05) is 6.20 Å². The molecule has 2 aromatic rings. The van der Waals surface area contributed by atoms with Gasteiger partial charge in [0, 0.05) is 70.7 Å². The Labute approximate surface area is 155 Å². The molecule has 2 aliphatic heterocycles. The van der Waals surface area contributed by atoms with Gasteiger partial charge in [0.05, 0.1) is 18.9 Å². The molecule has 0 amide bonds. The van der Waals surface area contributed by atoms with E-state index in [-0.39, 0.29) is 0 Å². The minimum absolute atomic E-state index is 0.765. The molecule has 6 heteroatoms. The topological polar surface area (TPSA) is 44.7 Å². The van der Waals surface area contributed by atoms with Gasteiger partial charge in [-0.05, 0) is 17.7 Å². The molecule has 3 heterocycles. The van der Waals surface area contributed by atoms with Crippen LogP contribution in [0.1, 0.15) is 16.8 Å². The molecule has 1 fully saturated rings. The van der Waals surface area contributed by atoms with Crippen molar-refractivity contribution in [2.24, 2.45) is 0 Å². The number of fused-ring (bicyclic) bond motifs is 1. The lowest BCUT2D eigenvalue weighted by Crippen LogP contribution is -2.38. The van der Waals surface area contributed by atoms with Crippen LogP contribution in [0.25, 0.3) is 0 Å². The van der Waals surface area contributed by atoms with Crippen molar-refractivity contribution >= 4 is 11.6 Å². The van der Waals surface area contributed by atoms with Crippen molar-refractivity contribution in [2.45, 2.75) is 19.5 Å². The standard InChI is InChI=1S/C20H27N5O/c1-23(2)18-5-3-16(4-6-18)14-24-8-7-19-17(15-24)13-21-20(22-19)25-9-11-26-12-10-25/h3-6,13H,7-12,14-15H2,1-2H3. The van der Waals surface area contributed by atoms with Crippen LogP contribution in [0.3, 0.4) is 0 Å². The van der Waals surface area contributed by atoms with Gasteiger partial charge in [-0.1, -0.05) is 12.1 Å². The molecule has 1 aromatic heterocycles. The highest BCUT2D eigenvalue weighted by Gasteiger charge is 2.21. The molecule has 0 radical (unpaired) electrons. The Hall–Kier alpha value is -2.18. The fraction of sp³-hybridized carbons (Fsp3) is 0.500. The molecule has 0 saturated carbocycles. The van der Waals surface area contributed by atoms with E-state index in [2.05, 4.69) is 58.0 Å². The molecule has 4 rings (SSSR count). The van der Waals surface area contributed by atoms with Gasteiger partial charge in [-0.25, -0.2) is 9.97 Å². The molecule has 0 atom stereocenters. The van der Waals surface area contributed by atoms with Crippen LogP contribution in [0, 0.1) is 0 Å². The van der Waals surface area contributed by atoms with Crippen molar-refractivity contribution in [1.82, 2.24) is 14.9 Å². The number of morpholine rings is 1. The molecule has 1 saturated heterocycles. The quantitative estimate of drug-likeness (QED) is 0.837. The number of rotatable bonds is 4. The van der Waals surface area contributed by atoms with Gasteiger partial charge in [-0.2, -0.15) is 0 Å². The highest BCUT2D eigenvalue weighted by molar-refractivity contribution is 5.46. The maximum atomic E-state index is 5.42. The number of nitrogens with zero attached hydrogens (tertiary/aromatic N) is 5. The molecule has 2 aliphatic rings. The summed E-state index contributed by atoms with van der Waals surface area (Å²) in [5.74, 6) is 0.861. The second kappa shape index (κ2) is 7.60. The Morgan fingerprint density at radius 2 is 1.85 bits per heavy atom. The van der Waals surface area contributed by atoms with E-state index < -0.39 is 0 Å². The third-order valence-corrected chi connectivity index (χ3v) is 5.15. The monoisotopic (exact) mass is 353 g/mol. The van der Waals surface area contributed by atoms with Gasteiger partial charge in [0.2, 0.25) is 5.95 Å². The fourth-order valence-corrected chi connectivity index (χ4v) is 3.57. The zero-order valence-electron chi connectivity index (χ0n) is 15.7. The highest BCUT2D eigenvalue weighted by Crippen LogP contribution is 2.22. The molecular formula is C20H27N5O. The van der Waals surface area contributed by atoms with Crippen molar-refractivity contribution < 1.29 is 4.74 Å². The molecule has 0 N–H and O–H groups in total. The summed E-state index contributed by atoms with van der Waals surface area (Å²) in [6, 6.07) is 8.82. The van der Waals surface area contributed by atoms with E-state index in [4.69, 9.17) is 9.72 Å². The smallest absolute Gasteiger partial charge is 0.225 e. The van der Waals surface area contributed by atoms with Crippen LogP contribution >= 0.6 is 0 Å². The highest BCUT2D eigenvalue weighted by atomic mass is 16.5. The summed E-state index contributed by atoms with van der Waals surface area (Å²) in [6.45, 7) is 6.23. The summed E-state index contributed by atoms with van der Waals surface area (Å²) >= 11 is 0. The number of ether oxygens (including phenoxy) is 1. The van der Waals surface area contributed by atoms with Crippen LogP contribution in [-0.2, 0) is 24.2 Å². The summed E-state index contributed by atoms with van der Waals surface area (Å²) in [5.41, 5.74) is 5.06. The molecule has 1 aromatic carbocycles. The lowest BCUT2D eigenvalue weighted by Gasteiger charge is -2.30. The number of hydrogen-bond donors (Lipinski definition) is 0. The first-order chi connectivity index (χ1) is 12.7. The Bertz CT molecular complexity index is 740. The van der Waals surface area contributed by atoms with Crippen LogP contribution in [0.15, 0.2) is 30.5 Å². The zero-order valence-corrected chi connectivity index (χ0v) is 15.7. The SMILES string of the molecule is CN(C)c1ccc(CN2CCc3nc(N4CCOCC4)ncc3C2)cc1. The van der Waals surface area contributed by atoms with E-state index in [9.17, 15) is 0 Å². The van der Waals surface area contributed by atoms with Crippen molar-refractivity contribution in [3.63, 3.8) is 0 Å². The Kier molecular flexibility index (Phi) is 5.04. The first kappa shape index (κ1) is 17.2. The summed E-state index contributed by atoms with van der Waals surface area (Å²) in [6.07, 6.45) is 3.01. The van der Waals surface area contributed by atoms with Crippen LogP contribution < -0.4 is 9.80 Å². The Balaban J connectivity index is 1.41. The summed E-state index contributed by atoms with van der Waals surface area (Å²) in [5, 5.41) is 0. The molecule has 26 heavy (non-hydrogen) atoms. The second-order valence-corrected chi connectivity index (χ2v) is 7.26. The summed E-state index contributed by atoms with van der Waals surface area (Å²) in [4.78, 5) is 16.3. The molecule has 0 unspecified atom stereocenters. The number of aromatic nitrogens is 2. The lowest BCUT2D eigenvalue weighted by molar-refractivity contribution is 0.122. The third-order valence-electron chi connectivity index (χ3n) is 5.15. The number of anilines is 2. The second-order valence-electron chi connectivity index (χ2n) is 7.26. The van der Waals surface area contributed by atoms with E-state index in [0.717, 1.165) is 58.3 Å². The maximum absolute atomic E-state index is 5.42. The predicted octanol–water partition coefficient (Wildman–Crippen LogP) is 1.94. The molecule has 0 spiro atoms. The number of hydrogen-bond acceptors (Lipinski definition) is 6. The van der Waals surface area contributed by atoms with E-state index >= 15 is 0 Å². The third kappa shape index (κ3) is 3.81. The summed E-state index contributed by atoms with van der Waals surface area (Å²) in [7, 11) is 4.14. The zero-order chi connectivity index (χ0) is 17.9. The van der Waals surface area contributed by atoms with Crippen molar-refractivity contribution in [2.75, 3.05) is 56.7 Å².